The first-order valence-corrected chi connectivity index (χ1v) is 5.07. The molecule has 0 unspecified atom stereocenters. The summed E-state index contributed by atoms with van der Waals surface area (Å²) in [5.74, 6) is 1.61. The zero-order chi connectivity index (χ0) is 10.6. The van der Waals surface area contributed by atoms with E-state index in [1.54, 1.807) is 14.2 Å². The molecule has 0 saturated heterocycles. The van der Waals surface area contributed by atoms with E-state index < -0.39 is 0 Å². The van der Waals surface area contributed by atoms with Gasteiger partial charge in [0, 0.05) is 22.6 Å². The second-order valence-electron chi connectivity index (χ2n) is 2.82. The van der Waals surface area contributed by atoms with Crippen molar-refractivity contribution in [3.05, 3.63) is 22.2 Å². The highest BCUT2D eigenvalue weighted by molar-refractivity contribution is 9.10. The Hall–Kier alpha value is -0.740. The van der Waals surface area contributed by atoms with Crippen LogP contribution in [0, 0.1) is 0 Å². The van der Waals surface area contributed by atoms with Gasteiger partial charge in [-0.25, -0.2) is 0 Å². The number of hydrogen-bond donors (Lipinski definition) is 1. The molecule has 0 aliphatic carbocycles. The molecule has 1 N–H and O–H groups in total. The Kier molecular flexibility index (Phi) is 4.22. The second-order valence-corrected chi connectivity index (χ2v) is 3.67. The fourth-order valence-electron chi connectivity index (χ4n) is 1.24. The average Bonchev–Trinajstić information content (AvgIpc) is 2.20. The number of hydrogen-bond acceptors (Lipinski definition) is 3. The maximum absolute atomic E-state index is 5.27. The molecule has 14 heavy (non-hydrogen) atoms. The number of methoxy groups -OCH3 is 2. The molecule has 1 aromatic rings. The standard InChI is InChI=1S/C10H14BrNO2/c1-12-6-8-9(11)4-7(13-2)5-10(8)14-3/h4-5,12H,6H2,1-3H3. The van der Waals surface area contributed by atoms with Crippen LogP contribution in [0.25, 0.3) is 0 Å². The predicted octanol–water partition coefficient (Wildman–Crippen LogP) is 2.19. The van der Waals surface area contributed by atoms with Crippen molar-refractivity contribution in [3.63, 3.8) is 0 Å². The van der Waals surface area contributed by atoms with Crippen LogP contribution in [0.4, 0.5) is 0 Å². The van der Waals surface area contributed by atoms with Crippen molar-refractivity contribution < 1.29 is 9.47 Å². The fraction of sp³-hybridized carbons (Fsp3) is 0.400. The zero-order valence-electron chi connectivity index (χ0n) is 8.56. The summed E-state index contributed by atoms with van der Waals surface area (Å²) in [6, 6.07) is 3.80. The minimum Gasteiger partial charge on any atom is -0.497 e. The van der Waals surface area contributed by atoms with Gasteiger partial charge < -0.3 is 14.8 Å². The summed E-state index contributed by atoms with van der Waals surface area (Å²) >= 11 is 3.48. The van der Waals surface area contributed by atoms with Gasteiger partial charge in [0.05, 0.1) is 14.2 Å². The van der Waals surface area contributed by atoms with Gasteiger partial charge in [-0.15, -0.1) is 0 Å². The highest BCUT2D eigenvalue weighted by Crippen LogP contribution is 2.32. The van der Waals surface area contributed by atoms with Gasteiger partial charge in [0.15, 0.2) is 0 Å². The van der Waals surface area contributed by atoms with Crippen molar-refractivity contribution in [2.24, 2.45) is 0 Å². The molecular formula is C10H14BrNO2. The first-order valence-electron chi connectivity index (χ1n) is 4.28. The van der Waals surface area contributed by atoms with Crippen molar-refractivity contribution in [2.45, 2.75) is 6.54 Å². The minimum absolute atomic E-state index is 0.758. The van der Waals surface area contributed by atoms with Crippen LogP contribution < -0.4 is 14.8 Å². The molecule has 1 aromatic carbocycles. The monoisotopic (exact) mass is 259 g/mol. The molecule has 4 heteroatoms. The number of nitrogens with one attached hydrogen (secondary N) is 1. The molecule has 0 fully saturated rings. The van der Waals surface area contributed by atoms with E-state index in [-0.39, 0.29) is 0 Å². The largest absolute Gasteiger partial charge is 0.497 e. The Morgan fingerprint density at radius 3 is 2.50 bits per heavy atom. The van der Waals surface area contributed by atoms with Crippen LogP contribution in [0.2, 0.25) is 0 Å². The maximum Gasteiger partial charge on any atom is 0.128 e. The molecule has 0 heterocycles. The maximum atomic E-state index is 5.27. The lowest BCUT2D eigenvalue weighted by molar-refractivity contribution is 0.389. The van der Waals surface area contributed by atoms with Crippen LogP contribution in [0.3, 0.4) is 0 Å². The third kappa shape index (κ3) is 2.39. The van der Waals surface area contributed by atoms with Crippen molar-refractivity contribution in [1.82, 2.24) is 5.32 Å². The van der Waals surface area contributed by atoms with Crippen molar-refractivity contribution in [1.29, 1.82) is 0 Å². The van der Waals surface area contributed by atoms with Gasteiger partial charge in [0.25, 0.3) is 0 Å². The van der Waals surface area contributed by atoms with Gasteiger partial charge in [0.1, 0.15) is 11.5 Å². The quantitative estimate of drug-likeness (QED) is 0.900. The molecule has 0 amide bonds. The first kappa shape index (κ1) is 11.3. The summed E-state index contributed by atoms with van der Waals surface area (Å²) in [4.78, 5) is 0. The van der Waals surface area contributed by atoms with Crippen LogP contribution in [-0.2, 0) is 6.54 Å². The van der Waals surface area contributed by atoms with E-state index in [4.69, 9.17) is 9.47 Å². The molecule has 0 bridgehead atoms. The molecular weight excluding hydrogens is 246 g/mol. The lowest BCUT2D eigenvalue weighted by Crippen LogP contribution is -2.07. The molecule has 78 valence electrons. The SMILES string of the molecule is CNCc1c(Br)cc(OC)cc1OC. The van der Waals surface area contributed by atoms with Crippen LogP contribution in [-0.4, -0.2) is 21.3 Å². The van der Waals surface area contributed by atoms with Crippen LogP contribution in [0.5, 0.6) is 11.5 Å². The van der Waals surface area contributed by atoms with Gasteiger partial charge in [0.2, 0.25) is 0 Å². The Morgan fingerprint density at radius 1 is 1.29 bits per heavy atom. The molecule has 0 radical (unpaired) electrons. The molecule has 1 rings (SSSR count). The zero-order valence-corrected chi connectivity index (χ0v) is 10.1. The number of rotatable bonds is 4. The van der Waals surface area contributed by atoms with Crippen LogP contribution >= 0.6 is 15.9 Å². The third-order valence-electron chi connectivity index (χ3n) is 1.94. The van der Waals surface area contributed by atoms with E-state index in [1.165, 1.54) is 0 Å². The van der Waals surface area contributed by atoms with Gasteiger partial charge in [-0.3, -0.25) is 0 Å². The normalized spacial score (nSPS) is 10.0. The topological polar surface area (TPSA) is 30.5 Å². The first-order chi connectivity index (χ1) is 6.72. The van der Waals surface area contributed by atoms with Crippen molar-refractivity contribution >= 4 is 15.9 Å². The molecule has 3 nitrogen and oxygen atoms in total. The average molecular weight is 260 g/mol. The van der Waals surface area contributed by atoms with E-state index in [0.29, 0.717) is 0 Å². The minimum atomic E-state index is 0.758. The Morgan fingerprint density at radius 2 is 2.00 bits per heavy atom. The van der Waals surface area contributed by atoms with Crippen molar-refractivity contribution in [2.75, 3.05) is 21.3 Å². The van der Waals surface area contributed by atoms with Crippen molar-refractivity contribution in [3.8, 4) is 11.5 Å². The molecule has 0 aliphatic heterocycles. The smallest absolute Gasteiger partial charge is 0.128 e. The van der Waals surface area contributed by atoms with Crippen LogP contribution in [0.1, 0.15) is 5.56 Å². The molecule has 0 atom stereocenters. The lowest BCUT2D eigenvalue weighted by Gasteiger charge is -2.12. The summed E-state index contributed by atoms with van der Waals surface area (Å²) in [6.45, 7) is 0.758. The third-order valence-corrected chi connectivity index (χ3v) is 2.64. The van der Waals surface area contributed by atoms with Gasteiger partial charge in [-0.05, 0) is 13.1 Å². The van der Waals surface area contributed by atoms with E-state index in [1.807, 2.05) is 19.2 Å². The second kappa shape index (κ2) is 5.22. The van der Waals surface area contributed by atoms with E-state index in [0.717, 1.165) is 28.1 Å². The number of halogens is 1. The van der Waals surface area contributed by atoms with Gasteiger partial charge in [-0.1, -0.05) is 15.9 Å². The van der Waals surface area contributed by atoms with Gasteiger partial charge >= 0.3 is 0 Å². The molecule has 0 saturated carbocycles. The molecule has 0 aromatic heterocycles. The Labute approximate surface area is 92.5 Å². The highest BCUT2D eigenvalue weighted by Gasteiger charge is 2.09. The summed E-state index contributed by atoms with van der Waals surface area (Å²) in [5.41, 5.74) is 1.09. The molecule has 0 spiro atoms. The Balaban J connectivity index is 3.13. The summed E-state index contributed by atoms with van der Waals surface area (Å²) < 4.78 is 11.4. The van der Waals surface area contributed by atoms with E-state index in [2.05, 4.69) is 21.2 Å². The summed E-state index contributed by atoms with van der Waals surface area (Å²) in [5, 5.41) is 3.09. The summed E-state index contributed by atoms with van der Waals surface area (Å²) in [6.07, 6.45) is 0. The lowest BCUT2D eigenvalue weighted by atomic mass is 10.2. The van der Waals surface area contributed by atoms with E-state index >= 15 is 0 Å². The highest BCUT2D eigenvalue weighted by atomic mass is 79.9. The number of ether oxygens (including phenoxy) is 2. The molecule has 0 aliphatic rings. The van der Waals surface area contributed by atoms with Gasteiger partial charge in [-0.2, -0.15) is 0 Å². The van der Waals surface area contributed by atoms with E-state index in [9.17, 15) is 0 Å². The number of benzene rings is 1. The Bertz CT molecular complexity index is 315. The van der Waals surface area contributed by atoms with Crippen LogP contribution in [0.15, 0.2) is 16.6 Å². The summed E-state index contributed by atoms with van der Waals surface area (Å²) in [7, 11) is 5.19. The predicted molar refractivity (Wildman–Crippen MR) is 60.0 cm³/mol. The fourth-order valence-corrected chi connectivity index (χ4v) is 1.80.